The molecular formula is C18H16N4O3. The number of benzene rings is 1. The van der Waals surface area contributed by atoms with Crippen molar-refractivity contribution in [1.82, 2.24) is 14.6 Å². The van der Waals surface area contributed by atoms with Crippen LogP contribution >= 0.6 is 0 Å². The molecular weight excluding hydrogens is 320 g/mol. The molecule has 0 saturated carbocycles. The highest BCUT2D eigenvalue weighted by atomic mass is 16.5. The molecule has 0 radical (unpaired) electrons. The lowest BCUT2D eigenvalue weighted by atomic mass is 10.1. The summed E-state index contributed by atoms with van der Waals surface area (Å²) in [7, 11) is 0. The molecule has 4 rings (SSSR count). The standard InChI is InChI=1S/C18H16N4O3/c1-11-15(23)9-16(25-11)13-7-8-14-17(19-10-20-22(13)14)21-18(24)12-5-3-2-4-6-12/h2-8,10,15-16,23H,1,9H2,(H,19,20,21,24)/t15-,16+/m0/s1. The molecule has 1 aromatic carbocycles. The van der Waals surface area contributed by atoms with E-state index in [1.807, 2.05) is 18.2 Å². The average molecular weight is 336 g/mol. The summed E-state index contributed by atoms with van der Waals surface area (Å²) in [6, 6.07) is 12.6. The van der Waals surface area contributed by atoms with Crippen LogP contribution in [0, 0.1) is 0 Å². The molecule has 7 nitrogen and oxygen atoms in total. The number of aliphatic hydroxyl groups excluding tert-OH is 1. The van der Waals surface area contributed by atoms with E-state index in [0.29, 0.717) is 29.1 Å². The summed E-state index contributed by atoms with van der Waals surface area (Å²) in [5.41, 5.74) is 1.97. The topological polar surface area (TPSA) is 88.8 Å². The fourth-order valence-electron chi connectivity index (χ4n) is 2.89. The van der Waals surface area contributed by atoms with E-state index in [1.165, 1.54) is 6.33 Å². The van der Waals surface area contributed by atoms with E-state index in [-0.39, 0.29) is 12.0 Å². The summed E-state index contributed by atoms with van der Waals surface area (Å²) < 4.78 is 7.26. The maximum atomic E-state index is 12.4. The summed E-state index contributed by atoms with van der Waals surface area (Å²) >= 11 is 0. The summed E-state index contributed by atoms with van der Waals surface area (Å²) in [5, 5.41) is 16.9. The number of rotatable bonds is 3. The molecule has 0 aliphatic carbocycles. The van der Waals surface area contributed by atoms with Gasteiger partial charge in [0.25, 0.3) is 5.91 Å². The van der Waals surface area contributed by atoms with Gasteiger partial charge in [0.05, 0.1) is 5.69 Å². The molecule has 0 bridgehead atoms. The number of aromatic nitrogens is 3. The number of ether oxygens (including phenoxy) is 1. The monoisotopic (exact) mass is 336 g/mol. The van der Waals surface area contributed by atoms with Crippen molar-refractivity contribution in [1.29, 1.82) is 0 Å². The molecule has 126 valence electrons. The van der Waals surface area contributed by atoms with Gasteiger partial charge in [-0.05, 0) is 24.3 Å². The third-order valence-corrected chi connectivity index (χ3v) is 4.18. The van der Waals surface area contributed by atoms with E-state index in [4.69, 9.17) is 4.74 Å². The second-order valence-electron chi connectivity index (χ2n) is 5.81. The van der Waals surface area contributed by atoms with E-state index in [2.05, 4.69) is 22.0 Å². The van der Waals surface area contributed by atoms with Gasteiger partial charge in [-0.1, -0.05) is 24.8 Å². The van der Waals surface area contributed by atoms with E-state index >= 15 is 0 Å². The number of carbonyl (C=O) groups is 1. The molecule has 2 atom stereocenters. The molecule has 0 unspecified atom stereocenters. The molecule has 1 aliphatic heterocycles. The fraction of sp³-hybridized carbons (Fsp3) is 0.167. The lowest BCUT2D eigenvalue weighted by Crippen LogP contribution is -2.14. The smallest absolute Gasteiger partial charge is 0.256 e. The highest BCUT2D eigenvalue weighted by Gasteiger charge is 2.31. The highest BCUT2D eigenvalue weighted by Crippen LogP contribution is 2.35. The SMILES string of the molecule is C=C1O[C@@H](c2ccc3c(NC(=O)c4ccccc4)ncnn23)C[C@@H]1O. The van der Waals surface area contributed by atoms with Crippen LogP contribution in [0.3, 0.4) is 0 Å². The van der Waals surface area contributed by atoms with E-state index in [9.17, 15) is 9.90 Å². The third kappa shape index (κ3) is 2.74. The molecule has 3 heterocycles. The van der Waals surface area contributed by atoms with Crippen molar-refractivity contribution in [3.8, 4) is 0 Å². The van der Waals surface area contributed by atoms with Gasteiger partial charge in [-0.2, -0.15) is 5.10 Å². The number of fused-ring (bicyclic) bond motifs is 1. The largest absolute Gasteiger partial charge is 0.486 e. The first-order chi connectivity index (χ1) is 12.1. The van der Waals surface area contributed by atoms with Gasteiger partial charge in [0.2, 0.25) is 0 Å². The molecule has 1 saturated heterocycles. The summed E-state index contributed by atoms with van der Waals surface area (Å²) in [6.45, 7) is 3.69. The van der Waals surface area contributed by atoms with Crippen LogP contribution in [0.25, 0.3) is 5.52 Å². The summed E-state index contributed by atoms with van der Waals surface area (Å²) in [4.78, 5) is 16.5. The van der Waals surface area contributed by atoms with Crippen LogP contribution in [0.4, 0.5) is 5.82 Å². The Bertz CT molecular complexity index is 951. The Hall–Kier alpha value is -3.19. The van der Waals surface area contributed by atoms with Gasteiger partial charge in [0.1, 0.15) is 29.8 Å². The first kappa shape index (κ1) is 15.3. The van der Waals surface area contributed by atoms with Gasteiger partial charge in [-0.25, -0.2) is 9.50 Å². The van der Waals surface area contributed by atoms with E-state index in [1.54, 1.807) is 28.8 Å². The number of anilines is 1. The van der Waals surface area contributed by atoms with Crippen LogP contribution in [0.1, 0.15) is 28.6 Å². The maximum absolute atomic E-state index is 12.4. The van der Waals surface area contributed by atoms with Gasteiger partial charge >= 0.3 is 0 Å². The van der Waals surface area contributed by atoms with E-state index in [0.717, 1.165) is 5.69 Å². The zero-order chi connectivity index (χ0) is 17.4. The fourth-order valence-corrected chi connectivity index (χ4v) is 2.89. The molecule has 7 heteroatoms. The van der Waals surface area contributed by atoms with Gasteiger partial charge < -0.3 is 15.2 Å². The van der Waals surface area contributed by atoms with Crippen molar-refractivity contribution in [2.24, 2.45) is 0 Å². The number of nitrogens with one attached hydrogen (secondary N) is 1. The van der Waals surface area contributed by atoms with Gasteiger partial charge in [-0.15, -0.1) is 0 Å². The predicted molar refractivity (Wildman–Crippen MR) is 91.0 cm³/mol. The summed E-state index contributed by atoms with van der Waals surface area (Å²) in [6.07, 6.45) is 0.769. The van der Waals surface area contributed by atoms with E-state index < -0.39 is 6.10 Å². The van der Waals surface area contributed by atoms with Crippen molar-refractivity contribution < 1.29 is 14.6 Å². The quantitative estimate of drug-likeness (QED) is 0.766. The molecule has 1 fully saturated rings. The molecule has 2 N–H and O–H groups in total. The van der Waals surface area contributed by atoms with Crippen LogP contribution in [0.2, 0.25) is 0 Å². The first-order valence-electron chi connectivity index (χ1n) is 7.86. The second kappa shape index (κ2) is 6.03. The normalized spacial score (nSPS) is 19.8. The minimum Gasteiger partial charge on any atom is -0.486 e. The van der Waals surface area contributed by atoms with Gasteiger partial charge in [0.15, 0.2) is 5.82 Å². The maximum Gasteiger partial charge on any atom is 0.256 e. The molecule has 1 aliphatic rings. The Balaban J connectivity index is 1.65. The zero-order valence-electron chi connectivity index (χ0n) is 13.3. The van der Waals surface area contributed by atoms with Crippen molar-refractivity contribution in [2.75, 3.05) is 5.32 Å². The minimum atomic E-state index is -0.686. The van der Waals surface area contributed by atoms with Crippen molar-refractivity contribution in [3.63, 3.8) is 0 Å². The second-order valence-corrected chi connectivity index (χ2v) is 5.81. The van der Waals surface area contributed by atoms with Crippen LogP contribution in [0.15, 0.2) is 61.1 Å². The Labute approximate surface area is 143 Å². The van der Waals surface area contributed by atoms with Gasteiger partial charge in [0, 0.05) is 12.0 Å². The van der Waals surface area contributed by atoms with Gasteiger partial charge in [-0.3, -0.25) is 4.79 Å². The zero-order valence-corrected chi connectivity index (χ0v) is 13.3. The number of amides is 1. The van der Waals surface area contributed by atoms with Crippen LogP contribution in [-0.4, -0.2) is 31.7 Å². The number of hydrogen-bond donors (Lipinski definition) is 2. The first-order valence-corrected chi connectivity index (χ1v) is 7.86. The Morgan fingerprint density at radius 1 is 1.28 bits per heavy atom. The predicted octanol–water partition coefficient (Wildman–Crippen LogP) is 2.32. The van der Waals surface area contributed by atoms with Crippen molar-refractivity contribution in [3.05, 3.63) is 72.4 Å². The minimum absolute atomic E-state index is 0.245. The van der Waals surface area contributed by atoms with Crippen LogP contribution < -0.4 is 5.32 Å². The number of aliphatic hydroxyl groups is 1. The molecule has 25 heavy (non-hydrogen) atoms. The van der Waals surface area contributed by atoms with Crippen molar-refractivity contribution >= 4 is 17.2 Å². The third-order valence-electron chi connectivity index (χ3n) is 4.18. The Kier molecular flexibility index (Phi) is 3.70. The number of nitrogens with zero attached hydrogens (tertiary/aromatic N) is 3. The van der Waals surface area contributed by atoms with Crippen LogP contribution in [-0.2, 0) is 4.74 Å². The Morgan fingerprint density at radius 3 is 2.80 bits per heavy atom. The number of carbonyl (C=O) groups excluding carboxylic acids is 1. The van der Waals surface area contributed by atoms with Crippen molar-refractivity contribution in [2.45, 2.75) is 18.6 Å². The molecule has 0 spiro atoms. The lowest BCUT2D eigenvalue weighted by Gasteiger charge is -2.11. The van der Waals surface area contributed by atoms with Crippen LogP contribution in [0.5, 0.6) is 0 Å². The summed E-state index contributed by atoms with van der Waals surface area (Å²) in [5.74, 6) is 0.518. The average Bonchev–Trinajstić information content (AvgIpc) is 3.20. The lowest BCUT2D eigenvalue weighted by molar-refractivity contribution is 0.102. The molecule has 1 amide bonds. The number of hydrogen-bond acceptors (Lipinski definition) is 5. The molecule has 2 aromatic heterocycles. The highest BCUT2D eigenvalue weighted by molar-refractivity contribution is 6.05. The Morgan fingerprint density at radius 2 is 2.08 bits per heavy atom. The molecule has 3 aromatic rings.